The van der Waals surface area contributed by atoms with Gasteiger partial charge >= 0.3 is 0 Å². The van der Waals surface area contributed by atoms with Crippen molar-refractivity contribution in [2.75, 3.05) is 7.11 Å². The minimum absolute atomic E-state index is 0.108. The van der Waals surface area contributed by atoms with Gasteiger partial charge in [-0.3, -0.25) is 4.79 Å². The molecule has 2 nitrogen and oxygen atoms in total. The molecule has 0 saturated heterocycles. The number of rotatable bonds is 5. The molecule has 104 valence electrons. The molecule has 2 aromatic rings. The molecular formula is C17H17FO2. The lowest BCUT2D eigenvalue weighted by molar-refractivity contribution is 0.0979. The van der Waals surface area contributed by atoms with Gasteiger partial charge in [0, 0.05) is 6.42 Å². The Bertz CT molecular complexity index is 620. The Morgan fingerprint density at radius 3 is 2.70 bits per heavy atom. The van der Waals surface area contributed by atoms with Crippen LogP contribution in [0.3, 0.4) is 0 Å². The van der Waals surface area contributed by atoms with E-state index in [9.17, 15) is 9.18 Å². The van der Waals surface area contributed by atoms with Crippen LogP contribution in [0.2, 0.25) is 0 Å². The van der Waals surface area contributed by atoms with E-state index in [-0.39, 0.29) is 5.78 Å². The lowest BCUT2D eigenvalue weighted by Gasteiger charge is -2.08. The number of hydrogen-bond donors (Lipinski definition) is 0. The van der Waals surface area contributed by atoms with Crippen molar-refractivity contribution in [1.29, 1.82) is 0 Å². The molecule has 0 spiro atoms. The summed E-state index contributed by atoms with van der Waals surface area (Å²) >= 11 is 0. The van der Waals surface area contributed by atoms with Crippen LogP contribution in [-0.2, 0) is 6.42 Å². The second-order valence-electron chi connectivity index (χ2n) is 4.76. The van der Waals surface area contributed by atoms with E-state index in [4.69, 9.17) is 4.74 Å². The van der Waals surface area contributed by atoms with E-state index >= 15 is 0 Å². The Hall–Kier alpha value is -2.16. The molecule has 0 bridgehead atoms. The lowest BCUT2D eigenvalue weighted by atomic mass is 10.0. The van der Waals surface area contributed by atoms with E-state index in [1.807, 2.05) is 25.1 Å². The van der Waals surface area contributed by atoms with Crippen molar-refractivity contribution in [3.05, 3.63) is 65.0 Å². The molecule has 0 aliphatic rings. The predicted octanol–water partition coefficient (Wildman–Crippen LogP) is 3.96. The first-order valence-corrected chi connectivity index (χ1v) is 6.52. The van der Waals surface area contributed by atoms with Crippen LogP contribution in [-0.4, -0.2) is 12.9 Å². The number of benzene rings is 2. The molecule has 20 heavy (non-hydrogen) atoms. The first-order chi connectivity index (χ1) is 9.60. The topological polar surface area (TPSA) is 26.3 Å². The van der Waals surface area contributed by atoms with Gasteiger partial charge in [-0.05, 0) is 37.1 Å². The third kappa shape index (κ3) is 3.44. The minimum Gasteiger partial charge on any atom is -0.496 e. The van der Waals surface area contributed by atoms with Gasteiger partial charge < -0.3 is 4.74 Å². The number of carbonyl (C=O) groups excluding carboxylic acids is 1. The summed E-state index contributed by atoms with van der Waals surface area (Å²) in [5.41, 5.74) is 2.58. The maximum absolute atomic E-state index is 13.3. The van der Waals surface area contributed by atoms with Crippen LogP contribution in [0.25, 0.3) is 0 Å². The fourth-order valence-electron chi connectivity index (χ4n) is 2.16. The smallest absolute Gasteiger partial charge is 0.167 e. The molecule has 3 heteroatoms. The summed E-state index contributed by atoms with van der Waals surface area (Å²) in [5.74, 6) is -0.117. The molecule has 0 amide bonds. The summed E-state index contributed by atoms with van der Waals surface area (Å²) < 4.78 is 18.4. The Kier molecular flexibility index (Phi) is 4.51. The molecule has 2 aromatic carbocycles. The molecule has 0 aromatic heterocycles. The predicted molar refractivity (Wildman–Crippen MR) is 76.8 cm³/mol. The van der Waals surface area contributed by atoms with Gasteiger partial charge in [-0.1, -0.05) is 29.8 Å². The Labute approximate surface area is 118 Å². The van der Waals surface area contributed by atoms with Crippen molar-refractivity contribution in [3.8, 4) is 5.75 Å². The summed E-state index contributed by atoms with van der Waals surface area (Å²) in [6.07, 6.45) is 0.976. The van der Waals surface area contributed by atoms with Gasteiger partial charge in [-0.25, -0.2) is 4.39 Å². The number of methoxy groups -OCH3 is 1. The van der Waals surface area contributed by atoms with Gasteiger partial charge in [0.05, 0.1) is 12.7 Å². The van der Waals surface area contributed by atoms with Gasteiger partial charge in [-0.15, -0.1) is 0 Å². The van der Waals surface area contributed by atoms with Crippen LogP contribution in [0.4, 0.5) is 4.39 Å². The molecular weight excluding hydrogens is 255 g/mol. The molecule has 0 atom stereocenters. The average molecular weight is 272 g/mol. The zero-order chi connectivity index (χ0) is 14.5. The second kappa shape index (κ2) is 6.33. The number of ketones is 1. The van der Waals surface area contributed by atoms with Gasteiger partial charge in [0.15, 0.2) is 5.78 Å². The fraction of sp³-hybridized carbons (Fsp3) is 0.235. The third-order valence-corrected chi connectivity index (χ3v) is 3.19. The summed E-state index contributed by atoms with van der Waals surface area (Å²) in [5, 5.41) is 0. The van der Waals surface area contributed by atoms with Gasteiger partial charge in [0.2, 0.25) is 0 Å². The summed E-state index contributed by atoms with van der Waals surface area (Å²) in [7, 11) is 1.48. The van der Waals surface area contributed by atoms with Crippen molar-refractivity contribution in [2.24, 2.45) is 0 Å². The largest absolute Gasteiger partial charge is 0.496 e. The standard InChI is InChI=1S/C17H17FO2/c1-12-4-3-5-13(10-12)6-8-16(19)15-11-14(18)7-9-17(15)20-2/h3-5,7,9-11H,6,8H2,1-2H3. The minimum atomic E-state index is -0.426. The van der Waals surface area contributed by atoms with Crippen LogP contribution in [0.5, 0.6) is 5.75 Å². The Morgan fingerprint density at radius 2 is 2.00 bits per heavy atom. The maximum Gasteiger partial charge on any atom is 0.167 e. The Balaban J connectivity index is 2.10. The van der Waals surface area contributed by atoms with Crippen LogP contribution >= 0.6 is 0 Å². The summed E-state index contributed by atoms with van der Waals surface area (Å²) in [4.78, 5) is 12.2. The van der Waals surface area contributed by atoms with Crippen molar-refractivity contribution < 1.29 is 13.9 Å². The molecule has 0 saturated carbocycles. The highest BCUT2D eigenvalue weighted by Gasteiger charge is 2.13. The molecule has 0 fully saturated rings. The molecule has 0 heterocycles. The number of halogens is 1. The van der Waals surface area contributed by atoms with Crippen LogP contribution in [0, 0.1) is 12.7 Å². The fourth-order valence-corrected chi connectivity index (χ4v) is 2.16. The zero-order valence-corrected chi connectivity index (χ0v) is 11.7. The first-order valence-electron chi connectivity index (χ1n) is 6.52. The van der Waals surface area contributed by atoms with E-state index in [0.717, 1.165) is 5.56 Å². The van der Waals surface area contributed by atoms with E-state index in [1.54, 1.807) is 0 Å². The SMILES string of the molecule is COc1ccc(F)cc1C(=O)CCc1cccc(C)c1. The number of hydrogen-bond acceptors (Lipinski definition) is 2. The maximum atomic E-state index is 13.3. The third-order valence-electron chi connectivity index (χ3n) is 3.19. The highest BCUT2D eigenvalue weighted by Crippen LogP contribution is 2.21. The highest BCUT2D eigenvalue weighted by molar-refractivity contribution is 5.98. The second-order valence-corrected chi connectivity index (χ2v) is 4.76. The van der Waals surface area contributed by atoms with Crippen LogP contribution in [0.1, 0.15) is 27.9 Å². The highest BCUT2D eigenvalue weighted by atomic mass is 19.1. The van der Waals surface area contributed by atoms with Crippen molar-refractivity contribution >= 4 is 5.78 Å². The summed E-state index contributed by atoms with van der Waals surface area (Å²) in [6, 6.07) is 12.0. The van der Waals surface area contributed by atoms with Crippen LogP contribution < -0.4 is 4.74 Å². The van der Waals surface area contributed by atoms with E-state index in [2.05, 4.69) is 6.07 Å². The number of ether oxygens (including phenoxy) is 1. The molecule has 2 rings (SSSR count). The average Bonchev–Trinajstić information content (AvgIpc) is 2.45. The number of carbonyl (C=O) groups is 1. The summed E-state index contributed by atoms with van der Waals surface area (Å²) in [6.45, 7) is 2.01. The van der Waals surface area contributed by atoms with Gasteiger partial charge in [0.1, 0.15) is 11.6 Å². The zero-order valence-electron chi connectivity index (χ0n) is 11.7. The number of aryl methyl sites for hydroxylation is 2. The van der Waals surface area contributed by atoms with E-state index in [1.165, 1.54) is 30.9 Å². The first kappa shape index (κ1) is 14.3. The monoisotopic (exact) mass is 272 g/mol. The van der Waals surface area contributed by atoms with E-state index < -0.39 is 5.82 Å². The molecule has 0 aliphatic carbocycles. The molecule has 0 unspecified atom stereocenters. The Morgan fingerprint density at radius 1 is 1.20 bits per heavy atom. The lowest BCUT2D eigenvalue weighted by Crippen LogP contribution is -2.04. The van der Waals surface area contributed by atoms with Crippen molar-refractivity contribution in [2.45, 2.75) is 19.8 Å². The van der Waals surface area contributed by atoms with Crippen molar-refractivity contribution in [1.82, 2.24) is 0 Å². The van der Waals surface area contributed by atoms with Gasteiger partial charge in [-0.2, -0.15) is 0 Å². The normalized spacial score (nSPS) is 10.3. The van der Waals surface area contributed by atoms with Gasteiger partial charge in [0.25, 0.3) is 0 Å². The molecule has 0 aliphatic heterocycles. The quantitative estimate of drug-likeness (QED) is 0.770. The molecule has 0 N–H and O–H groups in total. The molecule has 0 radical (unpaired) electrons. The number of Topliss-reactive ketones (excluding diaryl/α,β-unsaturated/α-hetero) is 1. The van der Waals surface area contributed by atoms with E-state index in [0.29, 0.717) is 24.2 Å². The van der Waals surface area contributed by atoms with Crippen molar-refractivity contribution in [3.63, 3.8) is 0 Å². The van der Waals surface area contributed by atoms with Crippen LogP contribution in [0.15, 0.2) is 42.5 Å².